The van der Waals surface area contributed by atoms with Gasteiger partial charge in [0.1, 0.15) is 0 Å². The van der Waals surface area contributed by atoms with E-state index in [0.29, 0.717) is 6.42 Å². The van der Waals surface area contributed by atoms with E-state index in [9.17, 15) is 9.59 Å². The van der Waals surface area contributed by atoms with Crippen LogP contribution in [0.3, 0.4) is 0 Å². The molecule has 1 aliphatic heterocycles. The average molecular weight is 276 g/mol. The molecule has 5 nitrogen and oxygen atoms in total. The van der Waals surface area contributed by atoms with Crippen LogP contribution in [-0.4, -0.2) is 30.1 Å². The first kappa shape index (κ1) is 14.4. The molecule has 108 valence electrons. The standard InChI is InChI=1S/C15H20N2O3/c1-11(18)16-13-6-2-7-14-12(13)5-3-9-17(14)10-4-8-15(19)20/h2,6-7H,3-5,8-10H2,1H3,(H,16,18)(H,19,20). The third kappa shape index (κ3) is 3.50. The normalized spacial score (nSPS) is 13.8. The van der Waals surface area contributed by atoms with Crippen LogP contribution in [0.1, 0.15) is 31.7 Å². The van der Waals surface area contributed by atoms with Gasteiger partial charge in [-0.05, 0) is 37.0 Å². The minimum atomic E-state index is -0.755. The lowest BCUT2D eigenvalue weighted by molar-refractivity contribution is -0.137. The monoisotopic (exact) mass is 276 g/mol. The fourth-order valence-electron chi connectivity index (χ4n) is 2.66. The van der Waals surface area contributed by atoms with Crippen LogP contribution >= 0.6 is 0 Å². The maximum Gasteiger partial charge on any atom is 0.303 e. The number of nitrogens with one attached hydrogen (secondary N) is 1. The van der Waals surface area contributed by atoms with Gasteiger partial charge in [-0.15, -0.1) is 0 Å². The fourth-order valence-corrected chi connectivity index (χ4v) is 2.66. The second-order valence-corrected chi connectivity index (χ2v) is 5.07. The number of nitrogens with zero attached hydrogens (tertiary/aromatic N) is 1. The van der Waals surface area contributed by atoms with E-state index < -0.39 is 5.97 Å². The topological polar surface area (TPSA) is 69.6 Å². The van der Waals surface area contributed by atoms with Gasteiger partial charge in [-0.1, -0.05) is 6.07 Å². The van der Waals surface area contributed by atoms with Gasteiger partial charge in [0, 0.05) is 37.8 Å². The van der Waals surface area contributed by atoms with Gasteiger partial charge in [-0.25, -0.2) is 0 Å². The van der Waals surface area contributed by atoms with Crippen molar-refractivity contribution in [3.8, 4) is 0 Å². The SMILES string of the molecule is CC(=O)Nc1cccc2c1CCCN2CCCC(=O)O. The second kappa shape index (κ2) is 6.41. The van der Waals surface area contributed by atoms with E-state index in [1.807, 2.05) is 18.2 Å². The molecule has 2 rings (SSSR count). The van der Waals surface area contributed by atoms with Gasteiger partial charge in [0.2, 0.25) is 5.91 Å². The Kier molecular flexibility index (Phi) is 4.61. The third-order valence-electron chi connectivity index (χ3n) is 3.48. The predicted molar refractivity (Wildman–Crippen MR) is 78.1 cm³/mol. The molecule has 0 saturated heterocycles. The van der Waals surface area contributed by atoms with Crippen LogP contribution in [0.15, 0.2) is 18.2 Å². The fraction of sp³-hybridized carbons (Fsp3) is 0.467. The number of carbonyl (C=O) groups is 2. The third-order valence-corrected chi connectivity index (χ3v) is 3.48. The highest BCUT2D eigenvalue weighted by Crippen LogP contribution is 2.32. The van der Waals surface area contributed by atoms with Crippen molar-refractivity contribution in [2.24, 2.45) is 0 Å². The van der Waals surface area contributed by atoms with Crippen LogP contribution < -0.4 is 10.2 Å². The molecular formula is C15H20N2O3. The Morgan fingerprint density at radius 2 is 2.20 bits per heavy atom. The summed E-state index contributed by atoms with van der Waals surface area (Å²) in [4.78, 5) is 24.0. The molecule has 0 aliphatic carbocycles. The summed E-state index contributed by atoms with van der Waals surface area (Å²) in [5, 5.41) is 11.6. The van der Waals surface area contributed by atoms with Crippen molar-refractivity contribution in [3.05, 3.63) is 23.8 Å². The largest absolute Gasteiger partial charge is 0.481 e. The highest BCUT2D eigenvalue weighted by molar-refractivity contribution is 5.90. The maximum absolute atomic E-state index is 11.2. The summed E-state index contributed by atoms with van der Waals surface area (Å²) < 4.78 is 0. The summed E-state index contributed by atoms with van der Waals surface area (Å²) in [5.41, 5.74) is 3.15. The molecule has 1 aromatic rings. The van der Waals surface area contributed by atoms with E-state index in [0.717, 1.165) is 42.9 Å². The molecular weight excluding hydrogens is 256 g/mol. The van der Waals surface area contributed by atoms with Crippen LogP contribution in [0.25, 0.3) is 0 Å². The number of fused-ring (bicyclic) bond motifs is 1. The summed E-state index contributed by atoms with van der Waals surface area (Å²) in [5.74, 6) is -0.823. The molecule has 0 unspecified atom stereocenters. The van der Waals surface area contributed by atoms with Crippen molar-refractivity contribution < 1.29 is 14.7 Å². The zero-order chi connectivity index (χ0) is 14.5. The van der Waals surface area contributed by atoms with Crippen LogP contribution in [0, 0.1) is 0 Å². The van der Waals surface area contributed by atoms with E-state index in [1.165, 1.54) is 6.92 Å². The minimum Gasteiger partial charge on any atom is -0.481 e. The zero-order valence-electron chi connectivity index (χ0n) is 11.7. The molecule has 1 aliphatic rings. The Balaban J connectivity index is 2.14. The lowest BCUT2D eigenvalue weighted by atomic mass is 9.99. The zero-order valence-corrected chi connectivity index (χ0v) is 11.7. The molecule has 0 atom stereocenters. The van der Waals surface area contributed by atoms with E-state index in [2.05, 4.69) is 10.2 Å². The van der Waals surface area contributed by atoms with Crippen molar-refractivity contribution in [2.75, 3.05) is 23.3 Å². The van der Waals surface area contributed by atoms with Gasteiger partial charge in [-0.2, -0.15) is 0 Å². The molecule has 1 aromatic carbocycles. The molecule has 2 N–H and O–H groups in total. The van der Waals surface area contributed by atoms with Crippen LogP contribution in [0.5, 0.6) is 0 Å². The van der Waals surface area contributed by atoms with Gasteiger partial charge in [-0.3, -0.25) is 9.59 Å². The minimum absolute atomic E-state index is 0.0681. The highest BCUT2D eigenvalue weighted by Gasteiger charge is 2.19. The Labute approximate surface area is 118 Å². The maximum atomic E-state index is 11.2. The molecule has 20 heavy (non-hydrogen) atoms. The van der Waals surface area contributed by atoms with Gasteiger partial charge in [0.15, 0.2) is 0 Å². The van der Waals surface area contributed by atoms with Crippen molar-refractivity contribution in [1.29, 1.82) is 0 Å². The van der Waals surface area contributed by atoms with Crippen molar-refractivity contribution in [1.82, 2.24) is 0 Å². The summed E-state index contributed by atoms with van der Waals surface area (Å²) in [6, 6.07) is 5.89. The number of rotatable bonds is 5. The number of hydrogen-bond donors (Lipinski definition) is 2. The second-order valence-electron chi connectivity index (χ2n) is 5.07. The van der Waals surface area contributed by atoms with Gasteiger partial charge in [0.25, 0.3) is 0 Å². The summed E-state index contributed by atoms with van der Waals surface area (Å²) in [6.45, 7) is 3.19. The lowest BCUT2D eigenvalue weighted by Crippen LogP contribution is -2.31. The molecule has 0 bridgehead atoms. The Bertz CT molecular complexity index is 514. The molecule has 5 heteroatoms. The van der Waals surface area contributed by atoms with E-state index in [1.54, 1.807) is 0 Å². The molecule has 0 aromatic heterocycles. The van der Waals surface area contributed by atoms with E-state index in [-0.39, 0.29) is 12.3 Å². The summed E-state index contributed by atoms with van der Waals surface area (Å²) in [6.07, 6.45) is 2.80. The van der Waals surface area contributed by atoms with Crippen molar-refractivity contribution in [2.45, 2.75) is 32.6 Å². The number of carboxylic acids is 1. The van der Waals surface area contributed by atoms with E-state index >= 15 is 0 Å². The lowest BCUT2D eigenvalue weighted by Gasteiger charge is -2.32. The van der Waals surface area contributed by atoms with Crippen LogP contribution in [0.2, 0.25) is 0 Å². The number of benzene rings is 1. The summed E-state index contributed by atoms with van der Waals surface area (Å²) >= 11 is 0. The number of carboxylic acid groups (broad SMARTS) is 1. The predicted octanol–water partition coefficient (Wildman–Crippen LogP) is 2.26. The van der Waals surface area contributed by atoms with Gasteiger partial charge >= 0.3 is 5.97 Å². The Morgan fingerprint density at radius 3 is 2.90 bits per heavy atom. The number of anilines is 2. The average Bonchev–Trinajstić information content (AvgIpc) is 2.38. The number of aliphatic carboxylic acids is 1. The number of amides is 1. The first-order chi connectivity index (χ1) is 9.58. The van der Waals surface area contributed by atoms with Crippen LogP contribution in [-0.2, 0) is 16.0 Å². The molecule has 0 radical (unpaired) electrons. The molecule has 0 fully saturated rings. The molecule has 0 saturated carbocycles. The quantitative estimate of drug-likeness (QED) is 0.865. The van der Waals surface area contributed by atoms with E-state index in [4.69, 9.17) is 5.11 Å². The smallest absolute Gasteiger partial charge is 0.303 e. The Morgan fingerprint density at radius 1 is 1.40 bits per heavy atom. The number of hydrogen-bond acceptors (Lipinski definition) is 3. The Hall–Kier alpha value is -2.04. The molecule has 0 spiro atoms. The summed E-state index contributed by atoms with van der Waals surface area (Å²) in [7, 11) is 0. The number of carbonyl (C=O) groups excluding carboxylic acids is 1. The first-order valence-electron chi connectivity index (χ1n) is 6.94. The van der Waals surface area contributed by atoms with Crippen molar-refractivity contribution >= 4 is 23.3 Å². The molecule has 1 amide bonds. The van der Waals surface area contributed by atoms with Crippen LogP contribution in [0.4, 0.5) is 11.4 Å². The van der Waals surface area contributed by atoms with Crippen molar-refractivity contribution in [3.63, 3.8) is 0 Å². The van der Waals surface area contributed by atoms with Gasteiger partial charge in [0.05, 0.1) is 0 Å². The van der Waals surface area contributed by atoms with Gasteiger partial charge < -0.3 is 15.3 Å². The molecule has 1 heterocycles. The highest BCUT2D eigenvalue weighted by atomic mass is 16.4. The first-order valence-corrected chi connectivity index (χ1v) is 6.94.